The Morgan fingerprint density at radius 3 is 2.67 bits per heavy atom. The topological polar surface area (TPSA) is 75.4 Å². The molecule has 0 saturated carbocycles. The molecule has 86 valence electrons. The SMILES string of the molecule is CCNCC(=O)N1CCC(C)(C(N)=O)C1. The van der Waals surface area contributed by atoms with E-state index in [0.29, 0.717) is 26.1 Å². The summed E-state index contributed by atoms with van der Waals surface area (Å²) in [5.41, 5.74) is 4.76. The zero-order chi connectivity index (χ0) is 11.5. The van der Waals surface area contributed by atoms with E-state index in [1.54, 1.807) is 4.90 Å². The second kappa shape index (κ2) is 4.61. The third-order valence-electron chi connectivity index (χ3n) is 2.95. The molecule has 1 aliphatic rings. The van der Waals surface area contributed by atoms with Crippen molar-refractivity contribution in [2.45, 2.75) is 20.3 Å². The van der Waals surface area contributed by atoms with E-state index in [0.717, 1.165) is 6.54 Å². The first-order valence-corrected chi connectivity index (χ1v) is 5.28. The Balaban J connectivity index is 2.49. The Kier molecular flexibility index (Phi) is 3.68. The van der Waals surface area contributed by atoms with Gasteiger partial charge in [-0.25, -0.2) is 0 Å². The first-order chi connectivity index (χ1) is 6.99. The van der Waals surface area contributed by atoms with Gasteiger partial charge in [0.15, 0.2) is 0 Å². The average Bonchev–Trinajstić information content (AvgIpc) is 2.59. The zero-order valence-corrected chi connectivity index (χ0v) is 9.38. The summed E-state index contributed by atoms with van der Waals surface area (Å²) in [6.45, 7) is 5.95. The van der Waals surface area contributed by atoms with Crippen LogP contribution < -0.4 is 11.1 Å². The van der Waals surface area contributed by atoms with Gasteiger partial charge in [0, 0.05) is 13.1 Å². The van der Waals surface area contributed by atoms with Crippen molar-refractivity contribution in [3.63, 3.8) is 0 Å². The van der Waals surface area contributed by atoms with Crippen molar-refractivity contribution in [1.82, 2.24) is 10.2 Å². The van der Waals surface area contributed by atoms with Gasteiger partial charge in [0.2, 0.25) is 11.8 Å². The van der Waals surface area contributed by atoms with Gasteiger partial charge in [0.1, 0.15) is 0 Å². The van der Waals surface area contributed by atoms with Gasteiger partial charge in [-0.15, -0.1) is 0 Å². The lowest BCUT2D eigenvalue weighted by Crippen LogP contribution is -2.41. The Morgan fingerprint density at radius 2 is 2.20 bits per heavy atom. The lowest BCUT2D eigenvalue weighted by atomic mass is 9.89. The summed E-state index contributed by atoms with van der Waals surface area (Å²) >= 11 is 0. The molecule has 1 unspecified atom stereocenters. The van der Waals surface area contributed by atoms with E-state index in [1.807, 2.05) is 13.8 Å². The maximum atomic E-state index is 11.6. The molecule has 1 fully saturated rings. The first kappa shape index (κ1) is 12.0. The van der Waals surface area contributed by atoms with E-state index in [9.17, 15) is 9.59 Å². The Bertz CT molecular complexity index is 267. The number of amides is 2. The maximum Gasteiger partial charge on any atom is 0.236 e. The van der Waals surface area contributed by atoms with Crippen LogP contribution in [0, 0.1) is 5.41 Å². The van der Waals surface area contributed by atoms with Crippen molar-refractivity contribution in [2.24, 2.45) is 11.1 Å². The van der Waals surface area contributed by atoms with Gasteiger partial charge in [-0.2, -0.15) is 0 Å². The molecule has 0 aromatic carbocycles. The van der Waals surface area contributed by atoms with Gasteiger partial charge >= 0.3 is 0 Å². The van der Waals surface area contributed by atoms with Crippen LogP contribution in [0.1, 0.15) is 20.3 Å². The average molecular weight is 213 g/mol. The van der Waals surface area contributed by atoms with Gasteiger partial charge in [0.05, 0.1) is 12.0 Å². The van der Waals surface area contributed by atoms with Crippen molar-refractivity contribution >= 4 is 11.8 Å². The standard InChI is InChI=1S/C10H19N3O2/c1-3-12-6-8(14)13-5-4-10(2,7-13)9(11)15/h12H,3-7H2,1-2H3,(H2,11,15). The number of primary amides is 1. The van der Waals surface area contributed by atoms with Crippen LogP contribution in [-0.4, -0.2) is 42.9 Å². The van der Waals surface area contributed by atoms with Gasteiger partial charge in [0.25, 0.3) is 0 Å². The molecule has 1 aliphatic heterocycles. The molecule has 0 aliphatic carbocycles. The molecule has 5 heteroatoms. The number of likely N-dealkylation sites (N-methyl/N-ethyl adjacent to an activating group) is 1. The van der Waals surface area contributed by atoms with Crippen LogP contribution in [-0.2, 0) is 9.59 Å². The van der Waals surface area contributed by atoms with E-state index >= 15 is 0 Å². The number of carbonyl (C=O) groups is 2. The predicted octanol–water partition coefficient (Wildman–Crippen LogP) is -0.680. The second-order valence-corrected chi connectivity index (χ2v) is 4.27. The number of nitrogens with two attached hydrogens (primary N) is 1. The fourth-order valence-electron chi connectivity index (χ4n) is 1.72. The monoisotopic (exact) mass is 213 g/mol. The lowest BCUT2D eigenvalue weighted by Gasteiger charge is -2.21. The summed E-state index contributed by atoms with van der Waals surface area (Å²) in [5, 5.41) is 2.97. The van der Waals surface area contributed by atoms with E-state index in [-0.39, 0.29) is 11.8 Å². The van der Waals surface area contributed by atoms with Crippen LogP contribution in [0.25, 0.3) is 0 Å². The van der Waals surface area contributed by atoms with Crippen molar-refractivity contribution in [3.8, 4) is 0 Å². The number of nitrogens with zero attached hydrogens (tertiary/aromatic N) is 1. The van der Waals surface area contributed by atoms with Crippen LogP contribution in [0.5, 0.6) is 0 Å². The van der Waals surface area contributed by atoms with Crippen molar-refractivity contribution in [2.75, 3.05) is 26.2 Å². The van der Waals surface area contributed by atoms with Crippen LogP contribution >= 0.6 is 0 Å². The normalized spacial score (nSPS) is 25.6. The molecular formula is C10H19N3O2. The quantitative estimate of drug-likeness (QED) is 0.649. The molecule has 0 bridgehead atoms. The summed E-state index contributed by atoms with van der Waals surface area (Å²) < 4.78 is 0. The van der Waals surface area contributed by atoms with Crippen LogP contribution in [0.2, 0.25) is 0 Å². The third-order valence-corrected chi connectivity index (χ3v) is 2.95. The van der Waals surface area contributed by atoms with Crippen molar-refractivity contribution in [1.29, 1.82) is 0 Å². The molecular weight excluding hydrogens is 194 g/mol. The number of nitrogens with one attached hydrogen (secondary N) is 1. The highest BCUT2D eigenvalue weighted by Crippen LogP contribution is 2.29. The number of hydrogen-bond donors (Lipinski definition) is 2. The molecule has 1 saturated heterocycles. The third kappa shape index (κ3) is 2.68. The molecule has 0 radical (unpaired) electrons. The molecule has 1 rings (SSSR count). The van der Waals surface area contributed by atoms with Gasteiger partial charge < -0.3 is 16.0 Å². The number of likely N-dealkylation sites (tertiary alicyclic amines) is 1. The molecule has 2 amide bonds. The number of hydrogen-bond acceptors (Lipinski definition) is 3. The summed E-state index contributed by atoms with van der Waals surface area (Å²) in [6.07, 6.45) is 0.667. The highest BCUT2D eigenvalue weighted by Gasteiger charge is 2.40. The highest BCUT2D eigenvalue weighted by molar-refractivity contribution is 5.84. The molecule has 15 heavy (non-hydrogen) atoms. The Hall–Kier alpha value is -1.10. The molecule has 5 nitrogen and oxygen atoms in total. The van der Waals surface area contributed by atoms with Crippen LogP contribution in [0.3, 0.4) is 0 Å². The molecule has 0 aromatic heterocycles. The lowest BCUT2D eigenvalue weighted by molar-refractivity contribution is -0.130. The smallest absolute Gasteiger partial charge is 0.236 e. The van der Waals surface area contributed by atoms with Gasteiger partial charge in [-0.05, 0) is 19.9 Å². The second-order valence-electron chi connectivity index (χ2n) is 4.27. The van der Waals surface area contributed by atoms with Crippen molar-refractivity contribution < 1.29 is 9.59 Å². The molecule has 0 aromatic rings. The largest absolute Gasteiger partial charge is 0.369 e. The van der Waals surface area contributed by atoms with E-state index in [4.69, 9.17) is 5.73 Å². The van der Waals surface area contributed by atoms with Crippen LogP contribution in [0.15, 0.2) is 0 Å². The summed E-state index contributed by atoms with van der Waals surface area (Å²) in [4.78, 5) is 24.5. The highest BCUT2D eigenvalue weighted by atomic mass is 16.2. The molecule has 1 heterocycles. The van der Waals surface area contributed by atoms with E-state index in [2.05, 4.69) is 5.32 Å². The first-order valence-electron chi connectivity index (χ1n) is 5.28. The predicted molar refractivity (Wildman–Crippen MR) is 57.0 cm³/mol. The summed E-state index contributed by atoms with van der Waals surface area (Å²) in [6, 6.07) is 0. The Morgan fingerprint density at radius 1 is 1.53 bits per heavy atom. The van der Waals surface area contributed by atoms with E-state index in [1.165, 1.54) is 0 Å². The fourth-order valence-corrected chi connectivity index (χ4v) is 1.72. The minimum absolute atomic E-state index is 0.0434. The Labute approximate surface area is 90.0 Å². The van der Waals surface area contributed by atoms with E-state index < -0.39 is 5.41 Å². The van der Waals surface area contributed by atoms with Crippen molar-refractivity contribution in [3.05, 3.63) is 0 Å². The van der Waals surface area contributed by atoms with Gasteiger partial charge in [-0.1, -0.05) is 6.92 Å². The molecule has 1 atom stereocenters. The zero-order valence-electron chi connectivity index (χ0n) is 9.38. The number of carbonyl (C=O) groups excluding carboxylic acids is 2. The summed E-state index contributed by atoms with van der Waals surface area (Å²) in [5.74, 6) is -0.275. The molecule has 0 spiro atoms. The fraction of sp³-hybridized carbons (Fsp3) is 0.800. The minimum Gasteiger partial charge on any atom is -0.369 e. The molecule has 3 N–H and O–H groups in total. The number of rotatable bonds is 4. The van der Waals surface area contributed by atoms with Gasteiger partial charge in [-0.3, -0.25) is 9.59 Å². The summed E-state index contributed by atoms with van der Waals surface area (Å²) in [7, 11) is 0. The maximum absolute atomic E-state index is 11.6. The van der Waals surface area contributed by atoms with Crippen LogP contribution in [0.4, 0.5) is 0 Å². The minimum atomic E-state index is -0.540.